The van der Waals surface area contributed by atoms with E-state index in [-0.39, 0.29) is 12.8 Å². The Morgan fingerprint density at radius 3 is 2.39 bits per heavy atom. The van der Waals surface area contributed by atoms with Crippen LogP contribution in [0.15, 0.2) is 47.0 Å². The van der Waals surface area contributed by atoms with Crippen LogP contribution in [-0.2, 0) is 28.9 Å². The molecule has 0 aliphatic heterocycles. The number of nitrogens with zero attached hydrogens (tertiary/aromatic N) is 3. The van der Waals surface area contributed by atoms with E-state index in [9.17, 15) is 27.5 Å². The maximum atomic E-state index is 13.5. The number of anilines is 1. The molecule has 0 saturated heterocycles. The summed E-state index contributed by atoms with van der Waals surface area (Å²) in [5.41, 5.74) is 1.58. The molecule has 3 aromatic rings. The number of hydrogen-bond donors (Lipinski definition) is 3. The van der Waals surface area contributed by atoms with Gasteiger partial charge in [-0.2, -0.15) is 18.2 Å². The zero-order chi connectivity index (χ0) is 26.7. The fraction of sp³-hybridized carbons (Fsp3) is 0.348. The number of hydrogen-bond acceptors (Lipinski definition) is 7. The van der Waals surface area contributed by atoms with Crippen LogP contribution in [0.2, 0.25) is 0 Å². The number of carboxylic acid groups (broad SMARTS) is 2. The molecule has 13 heteroatoms. The monoisotopic (exact) mass is 512 g/mol. The van der Waals surface area contributed by atoms with Gasteiger partial charge in [0, 0.05) is 31.5 Å². The Balaban J connectivity index is 0.000000572. The van der Waals surface area contributed by atoms with E-state index < -0.39 is 29.9 Å². The Hall–Kier alpha value is -4.03. The molecule has 0 amide bonds. The molecule has 0 bridgehead atoms. The lowest BCUT2D eigenvalue weighted by molar-refractivity contribution is -0.192. The van der Waals surface area contributed by atoms with Crippen LogP contribution in [0.3, 0.4) is 0 Å². The molecule has 0 fully saturated rings. The molecule has 2 aromatic heterocycles. The molecule has 0 saturated carbocycles. The van der Waals surface area contributed by atoms with E-state index in [1.54, 1.807) is 12.1 Å². The second-order valence-electron chi connectivity index (χ2n) is 7.58. The van der Waals surface area contributed by atoms with Gasteiger partial charge in [0.15, 0.2) is 5.82 Å². The van der Waals surface area contributed by atoms with Crippen LogP contribution < -0.4 is 5.32 Å². The highest BCUT2D eigenvalue weighted by Crippen LogP contribution is 2.25. The second kappa shape index (κ2) is 13.2. The first-order chi connectivity index (χ1) is 17.0. The highest BCUT2D eigenvalue weighted by molar-refractivity contribution is 5.73. The number of nitrogens with one attached hydrogen (secondary N) is 1. The number of halogens is 4. The number of aliphatic carboxylic acids is 2. The highest BCUT2D eigenvalue weighted by Gasteiger charge is 2.38. The molecule has 2 heterocycles. The lowest BCUT2D eigenvalue weighted by atomic mass is 9.92. The molecular weight excluding hydrogens is 488 g/mol. The Morgan fingerprint density at radius 2 is 1.78 bits per heavy atom. The first kappa shape index (κ1) is 28.2. The number of aromatic nitrogens is 3. The number of rotatable bonds is 10. The molecule has 0 aliphatic carbocycles. The summed E-state index contributed by atoms with van der Waals surface area (Å²) in [6.07, 6.45) is -2.77. The molecule has 0 radical (unpaired) electrons. The lowest BCUT2D eigenvalue weighted by Crippen LogP contribution is -2.21. The van der Waals surface area contributed by atoms with Gasteiger partial charge >= 0.3 is 18.1 Å². The average Bonchev–Trinajstić information content (AvgIpc) is 3.25. The molecule has 3 rings (SSSR count). The highest BCUT2D eigenvalue weighted by atomic mass is 19.4. The van der Waals surface area contributed by atoms with Crippen molar-refractivity contribution in [2.45, 2.75) is 44.2 Å². The van der Waals surface area contributed by atoms with Crippen molar-refractivity contribution in [3.05, 3.63) is 71.3 Å². The van der Waals surface area contributed by atoms with Crippen molar-refractivity contribution >= 4 is 17.8 Å². The standard InChI is InChI=1S/C21H23FN4O3.C2HF3O2/c1-23-18-9-3-7-17(24-18)8-4-10-19-25-20(29-26-19)12-15(13-21(27)28)14-5-2-6-16(22)11-14;3-2(4,5)1(6)7/h2-3,5-7,9,11,15H,4,8,10,12-13H2,1H3,(H,23,24)(H,27,28);(H,6,7). The zero-order valence-electron chi connectivity index (χ0n) is 19.1. The summed E-state index contributed by atoms with van der Waals surface area (Å²) >= 11 is 0. The smallest absolute Gasteiger partial charge is 0.481 e. The minimum Gasteiger partial charge on any atom is -0.481 e. The zero-order valence-corrected chi connectivity index (χ0v) is 19.1. The van der Waals surface area contributed by atoms with E-state index in [2.05, 4.69) is 20.4 Å². The first-order valence-corrected chi connectivity index (χ1v) is 10.7. The summed E-state index contributed by atoms with van der Waals surface area (Å²) in [6.45, 7) is 0. The van der Waals surface area contributed by atoms with Crippen LogP contribution in [0, 0.1) is 5.82 Å². The van der Waals surface area contributed by atoms with Crippen molar-refractivity contribution in [2.75, 3.05) is 12.4 Å². The van der Waals surface area contributed by atoms with E-state index in [0.29, 0.717) is 23.7 Å². The van der Waals surface area contributed by atoms with Gasteiger partial charge in [0.2, 0.25) is 5.89 Å². The van der Waals surface area contributed by atoms with E-state index in [0.717, 1.165) is 24.4 Å². The van der Waals surface area contributed by atoms with E-state index in [4.69, 9.17) is 14.4 Å². The van der Waals surface area contributed by atoms with E-state index in [1.807, 2.05) is 25.2 Å². The first-order valence-electron chi connectivity index (χ1n) is 10.7. The van der Waals surface area contributed by atoms with Crippen LogP contribution in [-0.4, -0.2) is 50.5 Å². The van der Waals surface area contributed by atoms with Gasteiger partial charge in [-0.15, -0.1) is 0 Å². The van der Waals surface area contributed by atoms with Gasteiger partial charge in [-0.05, 0) is 42.7 Å². The second-order valence-corrected chi connectivity index (χ2v) is 7.58. The van der Waals surface area contributed by atoms with E-state index >= 15 is 0 Å². The summed E-state index contributed by atoms with van der Waals surface area (Å²) in [6, 6.07) is 11.8. The Labute approximate surface area is 203 Å². The van der Waals surface area contributed by atoms with Crippen molar-refractivity contribution in [1.82, 2.24) is 15.1 Å². The molecule has 36 heavy (non-hydrogen) atoms. The Kier molecular flexibility index (Phi) is 10.3. The van der Waals surface area contributed by atoms with Crippen LogP contribution in [0.4, 0.5) is 23.4 Å². The molecule has 194 valence electrons. The van der Waals surface area contributed by atoms with Crippen LogP contribution >= 0.6 is 0 Å². The fourth-order valence-corrected chi connectivity index (χ4v) is 3.15. The van der Waals surface area contributed by atoms with Gasteiger partial charge in [0.1, 0.15) is 11.6 Å². The van der Waals surface area contributed by atoms with Gasteiger partial charge < -0.3 is 20.1 Å². The van der Waals surface area contributed by atoms with Crippen molar-refractivity contribution in [2.24, 2.45) is 0 Å². The fourth-order valence-electron chi connectivity index (χ4n) is 3.15. The quantitative estimate of drug-likeness (QED) is 0.340. The molecular formula is C23H24F4N4O5. The van der Waals surface area contributed by atoms with Crippen LogP contribution in [0.5, 0.6) is 0 Å². The van der Waals surface area contributed by atoms with Crippen molar-refractivity contribution < 1.29 is 41.9 Å². The predicted octanol–water partition coefficient (Wildman–Crippen LogP) is 4.26. The minimum atomic E-state index is -5.08. The largest absolute Gasteiger partial charge is 0.490 e. The summed E-state index contributed by atoms with van der Waals surface area (Å²) in [7, 11) is 1.83. The third-order valence-electron chi connectivity index (χ3n) is 4.81. The third-order valence-corrected chi connectivity index (χ3v) is 4.81. The maximum absolute atomic E-state index is 13.5. The summed E-state index contributed by atoms with van der Waals surface area (Å²) in [5.74, 6) is -2.82. The average molecular weight is 512 g/mol. The Morgan fingerprint density at radius 1 is 1.08 bits per heavy atom. The third kappa shape index (κ3) is 9.68. The lowest BCUT2D eigenvalue weighted by Gasteiger charge is -2.13. The number of carboxylic acids is 2. The van der Waals surface area contributed by atoms with Gasteiger partial charge in [-0.3, -0.25) is 4.79 Å². The van der Waals surface area contributed by atoms with Crippen molar-refractivity contribution in [1.29, 1.82) is 0 Å². The van der Waals surface area contributed by atoms with Crippen LogP contribution in [0.1, 0.15) is 41.7 Å². The topological polar surface area (TPSA) is 138 Å². The molecule has 1 aromatic carbocycles. The van der Waals surface area contributed by atoms with Crippen molar-refractivity contribution in [3.8, 4) is 0 Å². The Bertz CT molecular complexity index is 1150. The van der Waals surface area contributed by atoms with Gasteiger partial charge in [0.25, 0.3) is 0 Å². The predicted molar refractivity (Wildman–Crippen MR) is 119 cm³/mol. The molecule has 3 N–H and O–H groups in total. The van der Waals surface area contributed by atoms with Crippen molar-refractivity contribution in [3.63, 3.8) is 0 Å². The van der Waals surface area contributed by atoms with Gasteiger partial charge in [0.05, 0.1) is 6.42 Å². The summed E-state index contributed by atoms with van der Waals surface area (Å²) in [5, 5.41) is 23.3. The number of aryl methyl sites for hydroxylation is 2. The molecule has 1 atom stereocenters. The van der Waals surface area contributed by atoms with E-state index in [1.165, 1.54) is 12.1 Å². The van der Waals surface area contributed by atoms with Crippen LogP contribution in [0.25, 0.3) is 0 Å². The number of alkyl halides is 3. The number of carbonyl (C=O) groups is 2. The normalized spacial score (nSPS) is 11.8. The van der Waals surface area contributed by atoms with Gasteiger partial charge in [-0.25, -0.2) is 14.2 Å². The van der Waals surface area contributed by atoms with Gasteiger partial charge in [-0.1, -0.05) is 23.4 Å². The molecule has 0 aliphatic rings. The number of pyridine rings is 1. The maximum Gasteiger partial charge on any atom is 0.490 e. The summed E-state index contributed by atoms with van der Waals surface area (Å²) < 4.78 is 50.6. The summed E-state index contributed by atoms with van der Waals surface area (Å²) in [4.78, 5) is 29.0. The SMILES string of the molecule is CNc1cccc(CCCc2noc(CC(CC(=O)O)c3cccc(F)c3)n2)n1.O=C(O)C(F)(F)F. The molecule has 1 unspecified atom stereocenters. The number of benzene rings is 1. The molecule has 0 spiro atoms. The minimum absolute atomic E-state index is 0.144. The molecule has 9 nitrogen and oxygen atoms in total.